The summed E-state index contributed by atoms with van der Waals surface area (Å²) in [4.78, 5) is 18.1. The van der Waals surface area contributed by atoms with Gasteiger partial charge in [-0.2, -0.15) is 0 Å². The number of nitrogens with one attached hydrogen (secondary N) is 8. The van der Waals surface area contributed by atoms with Crippen LogP contribution in [0.25, 0.3) is 0 Å². The number of aliphatic hydroxyl groups excluding tert-OH is 1. The predicted octanol–water partition coefficient (Wildman–Crippen LogP) is 3.97. The molecule has 13 N–H and O–H groups in total. The summed E-state index contributed by atoms with van der Waals surface area (Å²) in [6, 6.07) is 17.6. The molecule has 2 aliphatic heterocycles. The van der Waals surface area contributed by atoms with E-state index in [1.807, 2.05) is 0 Å². The van der Waals surface area contributed by atoms with Crippen LogP contribution in [0.3, 0.4) is 0 Å². The molecule has 8 atom stereocenters. The van der Waals surface area contributed by atoms with Gasteiger partial charge in [0.15, 0.2) is 0 Å². The van der Waals surface area contributed by atoms with Gasteiger partial charge in [-0.3, -0.25) is 14.8 Å². The van der Waals surface area contributed by atoms with Crippen molar-refractivity contribution in [3.63, 3.8) is 0 Å². The van der Waals surface area contributed by atoms with E-state index in [0.717, 1.165) is 52.4 Å². The number of hydrogen-bond donors (Lipinski definition) is 11. The van der Waals surface area contributed by atoms with Gasteiger partial charge in [-0.05, 0) is 75.6 Å². The topological polar surface area (TPSA) is 231 Å². The third kappa shape index (κ3) is 23.3. The summed E-state index contributed by atoms with van der Waals surface area (Å²) in [5.74, 6) is 0. The van der Waals surface area contributed by atoms with Gasteiger partial charge in [0.05, 0.1) is 22.8 Å². The maximum absolute atomic E-state index is 8.36. The van der Waals surface area contributed by atoms with Crippen LogP contribution in [0.5, 0.6) is 0 Å². The van der Waals surface area contributed by atoms with E-state index in [2.05, 4.69) is 78.9 Å². The molecule has 2 aromatic heterocycles. The molecule has 4 aliphatic carbocycles. The van der Waals surface area contributed by atoms with Gasteiger partial charge in [0.2, 0.25) is 0 Å². The number of aliphatic hydroxyl groups is 2. The van der Waals surface area contributed by atoms with E-state index in [4.69, 9.17) is 50.3 Å². The quantitative estimate of drug-likeness (QED) is 0.102. The first kappa shape index (κ1) is 61.0. The van der Waals surface area contributed by atoms with Crippen molar-refractivity contribution < 1.29 is 55.8 Å². The van der Waals surface area contributed by atoms with Gasteiger partial charge < -0.3 is 63.3 Å². The van der Waals surface area contributed by atoms with Crippen molar-refractivity contribution in [2.75, 3.05) is 33.0 Å². The van der Waals surface area contributed by atoms with Gasteiger partial charge in [-0.25, -0.2) is 0 Å². The van der Waals surface area contributed by atoms with Gasteiger partial charge in [0.25, 0.3) is 6.47 Å². The first-order valence-electron chi connectivity index (χ1n) is 22.9. The first-order valence-corrected chi connectivity index (χ1v) is 26.2. The molecule has 1 radical (unpaired) electrons. The molecule has 4 fully saturated rings. The summed E-state index contributed by atoms with van der Waals surface area (Å²) in [5.41, 5.74) is 4.67. The van der Waals surface area contributed by atoms with Crippen LogP contribution >= 0.6 is 20.2 Å². The molecule has 4 saturated carbocycles. The van der Waals surface area contributed by atoms with Crippen LogP contribution in [-0.4, -0.2) is 119 Å². The smallest absolute Gasteiger partial charge is 0.0545 e. The number of pyridine rings is 2. The molecule has 370 valence electrons. The largest absolute Gasteiger partial charge is 0.311 e. The average Bonchev–Trinajstić information content (AvgIpc) is 3.29. The number of rotatable bonds is 0. The maximum Gasteiger partial charge on any atom is 0.0545 e. The minimum Gasteiger partial charge on any atom is -0.311 e. The number of hydrogen-bond acceptors (Lipinski definition) is 13. The Kier molecular flexibility index (Phi) is 36.1. The summed E-state index contributed by atoms with van der Waals surface area (Å²) in [6.45, 7) is 6.77. The molecule has 0 saturated heterocycles. The number of aromatic nitrogens is 2. The summed E-state index contributed by atoms with van der Waals surface area (Å²) < 4.78 is 0. The minimum absolute atomic E-state index is 0. The fraction of sp³-hybridized carbons (Fsp3) is 0.756. The van der Waals surface area contributed by atoms with Crippen LogP contribution in [-0.2, 0) is 61.2 Å². The minimum atomic E-state index is -0.750. The van der Waals surface area contributed by atoms with Crippen molar-refractivity contribution in [2.24, 2.45) is 0 Å². The molecule has 4 bridgehead atoms. The molecule has 8 rings (SSSR count). The van der Waals surface area contributed by atoms with Gasteiger partial charge in [0.1, 0.15) is 6.79 Å². The Labute approximate surface area is 409 Å². The molecule has 0 amide bonds. The number of nitrogens with zero attached hydrogens (tertiary/aromatic N) is 2. The van der Waals surface area contributed by atoms with Crippen molar-refractivity contribution in [1.82, 2.24) is 52.5 Å². The number of halogens is 2. The molecule has 0 aromatic carbocycles. The second kappa shape index (κ2) is 37.9. The molecule has 2 aromatic rings. The van der Waals surface area contributed by atoms with E-state index in [9.17, 15) is 0 Å². The van der Waals surface area contributed by atoms with E-state index in [-0.39, 0.29) is 49.6 Å². The molecule has 15 nitrogen and oxygen atoms in total. The van der Waals surface area contributed by atoms with Crippen LogP contribution in [0.2, 0.25) is 0 Å². The molecule has 0 unspecified atom stereocenters. The van der Waals surface area contributed by atoms with Gasteiger partial charge in [-0.15, -0.1) is 0 Å². The molecule has 4 heterocycles. The SMILES string of the molecule is C.O.O=CO.OCO.[Cl][Mn][Cl].[Mn].c1cc2nc(c1)CN[C@@H]1CCCC[C@H]1NCCN[C@@H]1CCCC[C@H]1NC2.c1cc2nc(c1)CN[C@@H]1CCCC[C@H]1NCCN[C@@H]1CCCC[C@H]1NC2. The Morgan fingerprint density at radius 1 is 0.500 bits per heavy atom. The fourth-order valence-corrected chi connectivity index (χ4v) is 9.90. The standard InChI is InChI=1S/2C21H35N5.CH4O2.CH2O2.CH4.2ClH.2Mn.H2O/c2*1-3-10-20-18(8-1)22-12-13-23-19-9-2-4-11-21(19)25-15-17-7-5-6-16(26-17)14-24-20;2*2-1-3;;;;;;/h2*5-7,18-25H,1-4,8-15H2;2-3H,1H2;1H,(H,2,3);1H4;2*1H;;;1H2/q;;;;;;;;+2;/p-2/t2*18-,19-,20-,21-;;;;;;;;/m11......../s1. The monoisotopic (exact) mass is 1020 g/mol. The Balaban J connectivity index is 0.000000520. The van der Waals surface area contributed by atoms with Crippen LogP contribution in [0.1, 0.15) is 133 Å². The summed E-state index contributed by atoms with van der Waals surface area (Å²) in [6.07, 6.45) is 21.0. The molecular formula is C45H82Cl2Mn2N10O5. The van der Waals surface area contributed by atoms with Crippen LogP contribution < -0.4 is 42.5 Å². The molecule has 19 heteroatoms. The Bertz CT molecular complexity index is 1260. The summed E-state index contributed by atoms with van der Waals surface area (Å²) >= 11 is 0.00694. The molecular weight excluding hydrogens is 941 g/mol. The van der Waals surface area contributed by atoms with Crippen molar-refractivity contribution >= 4 is 26.7 Å². The van der Waals surface area contributed by atoms with Gasteiger partial charge in [0, 0.05) is 118 Å². The summed E-state index contributed by atoms with van der Waals surface area (Å²) in [7, 11) is 9.59. The predicted molar refractivity (Wildman–Crippen MR) is 252 cm³/mol. The third-order valence-corrected chi connectivity index (χ3v) is 12.9. The second-order valence-corrected chi connectivity index (χ2v) is 18.8. The van der Waals surface area contributed by atoms with Crippen molar-refractivity contribution in [1.29, 1.82) is 0 Å². The van der Waals surface area contributed by atoms with Gasteiger partial charge in [-0.1, -0.05) is 70.9 Å². The van der Waals surface area contributed by atoms with Crippen LogP contribution in [0, 0.1) is 0 Å². The maximum atomic E-state index is 8.36. The van der Waals surface area contributed by atoms with Crippen molar-refractivity contribution in [3.05, 3.63) is 59.2 Å². The second-order valence-electron chi connectivity index (χ2n) is 16.9. The Morgan fingerprint density at radius 3 is 0.859 bits per heavy atom. The van der Waals surface area contributed by atoms with Crippen LogP contribution in [0.4, 0.5) is 0 Å². The van der Waals surface area contributed by atoms with Crippen molar-refractivity contribution in [2.45, 2.75) is 185 Å². The van der Waals surface area contributed by atoms with E-state index in [1.54, 1.807) is 0 Å². The van der Waals surface area contributed by atoms with Crippen molar-refractivity contribution in [3.8, 4) is 0 Å². The zero-order valence-corrected chi connectivity index (χ0v) is 40.9. The van der Waals surface area contributed by atoms with E-state index in [0.29, 0.717) is 48.3 Å². The normalized spacial score (nSPS) is 28.4. The molecule has 64 heavy (non-hydrogen) atoms. The van der Waals surface area contributed by atoms with Gasteiger partial charge >= 0.3 is 33.3 Å². The van der Waals surface area contributed by atoms with E-state index >= 15 is 0 Å². The summed E-state index contributed by atoms with van der Waals surface area (Å²) in [5, 5.41) is 51.6. The van der Waals surface area contributed by atoms with E-state index < -0.39 is 6.79 Å². The Morgan fingerprint density at radius 2 is 0.672 bits per heavy atom. The zero-order chi connectivity index (χ0) is 43.3. The third-order valence-electron chi connectivity index (χ3n) is 12.9. The number of carboxylic acid groups (broad SMARTS) is 1. The van der Waals surface area contributed by atoms with Crippen LogP contribution in [0.15, 0.2) is 36.4 Å². The first-order chi connectivity index (χ1) is 30.0. The number of fused-ring (bicyclic) bond motifs is 8. The van der Waals surface area contributed by atoms with E-state index in [1.165, 1.54) is 126 Å². The fourth-order valence-electron chi connectivity index (χ4n) is 9.90. The number of carbonyl (C=O) groups is 1. The zero-order valence-electron chi connectivity index (χ0n) is 37.0. The average molecular weight is 1020 g/mol. The molecule has 6 aliphatic rings. The molecule has 0 spiro atoms. The Hall–Kier alpha value is -1.05.